The van der Waals surface area contributed by atoms with Crippen LogP contribution < -0.4 is 19.9 Å². The average molecular weight is 452 g/mol. The number of rotatable bonds is 10. The van der Waals surface area contributed by atoms with E-state index in [1.165, 1.54) is 0 Å². The summed E-state index contributed by atoms with van der Waals surface area (Å²) in [7, 11) is 1.64. The van der Waals surface area contributed by atoms with Crippen LogP contribution in [0.25, 0.3) is 0 Å². The zero-order chi connectivity index (χ0) is 20.7. The smallest absolute Gasteiger partial charge is 0.258 e. The zero-order valence-electron chi connectivity index (χ0n) is 17.3. The third kappa shape index (κ3) is 5.99. The number of aromatic nitrogens is 2. The first-order chi connectivity index (χ1) is 13.4. The molecule has 1 aromatic heterocycles. The molecule has 0 spiro atoms. The van der Waals surface area contributed by atoms with Crippen LogP contribution in [0.4, 0.5) is 5.82 Å². The van der Waals surface area contributed by atoms with Crippen molar-refractivity contribution in [3.8, 4) is 17.4 Å². The first-order valence-corrected chi connectivity index (χ1v) is 10.5. The highest BCUT2D eigenvalue weighted by Gasteiger charge is 2.17. The summed E-state index contributed by atoms with van der Waals surface area (Å²) in [6.45, 7) is 8.20. The number of nitrogens with two attached hydrogens (primary N) is 1. The molecular weight excluding hydrogens is 422 g/mol. The van der Waals surface area contributed by atoms with Crippen LogP contribution in [0, 0.1) is 0 Å². The van der Waals surface area contributed by atoms with Crippen LogP contribution in [0.2, 0.25) is 0 Å². The SMILES string of the molecule is CCCC(CC)Oc1nc(Br)c(Cc2ccc(OC(C)C)cc2OC)nc1N. The van der Waals surface area contributed by atoms with Gasteiger partial charge in [0.05, 0.1) is 18.9 Å². The zero-order valence-corrected chi connectivity index (χ0v) is 18.9. The van der Waals surface area contributed by atoms with Crippen molar-refractivity contribution in [2.45, 2.75) is 65.6 Å². The van der Waals surface area contributed by atoms with Crippen molar-refractivity contribution in [2.75, 3.05) is 12.8 Å². The van der Waals surface area contributed by atoms with Crippen molar-refractivity contribution < 1.29 is 14.2 Å². The van der Waals surface area contributed by atoms with Gasteiger partial charge >= 0.3 is 0 Å². The number of nitrogens with zero attached hydrogens (tertiary/aromatic N) is 2. The molecule has 0 fully saturated rings. The third-order valence-corrected chi connectivity index (χ3v) is 4.88. The van der Waals surface area contributed by atoms with Crippen LogP contribution in [0.1, 0.15) is 58.2 Å². The number of hydrogen-bond acceptors (Lipinski definition) is 6. The standard InChI is InChI=1S/C21H30BrN3O3/c1-6-8-15(7-2)28-21-20(23)24-17(19(22)25-21)11-14-9-10-16(27-13(3)4)12-18(14)26-5/h9-10,12-13,15H,6-8,11H2,1-5H3,(H2,23,24). The summed E-state index contributed by atoms with van der Waals surface area (Å²) >= 11 is 3.51. The summed E-state index contributed by atoms with van der Waals surface area (Å²) in [5.41, 5.74) is 7.82. The van der Waals surface area contributed by atoms with Gasteiger partial charge in [-0.25, -0.2) is 9.97 Å². The molecule has 1 unspecified atom stereocenters. The molecule has 1 atom stereocenters. The lowest BCUT2D eigenvalue weighted by Crippen LogP contribution is -2.17. The molecule has 0 aliphatic rings. The molecule has 2 N–H and O–H groups in total. The predicted octanol–water partition coefficient (Wildman–Crippen LogP) is 5.17. The molecule has 0 amide bonds. The molecule has 2 rings (SSSR count). The second-order valence-corrected chi connectivity index (χ2v) is 7.66. The second kappa shape index (κ2) is 10.5. The largest absolute Gasteiger partial charge is 0.496 e. The minimum absolute atomic E-state index is 0.0907. The third-order valence-electron chi connectivity index (χ3n) is 4.24. The lowest BCUT2D eigenvalue weighted by Gasteiger charge is -2.18. The van der Waals surface area contributed by atoms with E-state index in [0.717, 1.165) is 42.0 Å². The van der Waals surface area contributed by atoms with Crippen LogP contribution in [-0.2, 0) is 6.42 Å². The topological polar surface area (TPSA) is 79.5 Å². The van der Waals surface area contributed by atoms with Crippen molar-refractivity contribution in [1.82, 2.24) is 9.97 Å². The Morgan fingerprint density at radius 3 is 2.50 bits per heavy atom. The Hall–Kier alpha value is -2.02. The number of anilines is 1. The minimum Gasteiger partial charge on any atom is -0.496 e. The van der Waals surface area contributed by atoms with E-state index < -0.39 is 0 Å². The maximum atomic E-state index is 6.12. The molecule has 0 aliphatic heterocycles. The molecule has 0 saturated heterocycles. The number of ether oxygens (including phenoxy) is 3. The van der Waals surface area contributed by atoms with E-state index in [0.29, 0.717) is 22.7 Å². The molecule has 7 heteroatoms. The minimum atomic E-state index is 0.0907. The van der Waals surface area contributed by atoms with Gasteiger partial charge in [0.25, 0.3) is 5.88 Å². The van der Waals surface area contributed by atoms with Crippen LogP contribution in [0.5, 0.6) is 17.4 Å². The quantitative estimate of drug-likeness (QED) is 0.536. The Kier molecular flexibility index (Phi) is 8.35. The molecule has 28 heavy (non-hydrogen) atoms. The Morgan fingerprint density at radius 1 is 1.14 bits per heavy atom. The Balaban J connectivity index is 2.23. The molecule has 154 valence electrons. The van der Waals surface area contributed by atoms with E-state index in [1.807, 2.05) is 32.0 Å². The number of nitrogen functional groups attached to an aromatic ring is 1. The fourth-order valence-corrected chi connectivity index (χ4v) is 3.26. The molecule has 1 aromatic carbocycles. The fraction of sp³-hybridized carbons (Fsp3) is 0.524. The van der Waals surface area contributed by atoms with E-state index in [1.54, 1.807) is 7.11 Å². The van der Waals surface area contributed by atoms with E-state index in [9.17, 15) is 0 Å². The maximum Gasteiger partial charge on any atom is 0.258 e. The Bertz CT molecular complexity index is 784. The Morgan fingerprint density at radius 2 is 1.89 bits per heavy atom. The van der Waals surface area contributed by atoms with Gasteiger partial charge in [-0.1, -0.05) is 26.3 Å². The summed E-state index contributed by atoms with van der Waals surface area (Å²) in [6, 6.07) is 5.78. The highest BCUT2D eigenvalue weighted by molar-refractivity contribution is 9.10. The lowest BCUT2D eigenvalue weighted by molar-refractivity contribution is 0.178. The van der Waals surface area contributed by atoms with Gasteiger partial charge in [-0.2, -0.15) is 0 Å². The van der Waals surface area contributed by atoms with Crippen molar-refractivity contribution in [2.24, 2.45) is 0 Å². The average Bonchev–Trinajstić information content (AvgIpc) is 2.65. The van der Waals surface area contributed by atoms with Crippen LogP contribution in [0.15, 0.2) is 22.8 Å². The molecule has 6 nitrogen and oxygen atoms in total. The second-order valence-electron chi connectivity index (χ2n) is 6.91. The molecule has 0 bridgehead atoms. The fourth-order valence-electron chi connectivity index (χ4n) is 2.87. The van der Waals surface area contributed by atoms with Crippen molar-refractivity contribution in [3.05, 3.63) is 34.1 Å². The molecule has 0 radical (unpaired) electrons. The van der Waals surface area contributed by atoms with E-state index in [2.05, 4.69) is 39.7 Å². The maximum absolute atomic E-state index is 6.12. The summed E-state index contributed by atoms with van der Waals surface area (Å²) in [5, 5.41) is 0. The van der Waals surface area contributed by atoms with Crippen molar-refractivity contribution in [3.63, 3.8) is 0 Å². The van der Waals surface area contributed by atoms with Gasteiger partial charge in [0.15, 0.2) is 5.82 Å². The van der Waals surface area contributed by atoms with Crippen molar-refractivity contribution in [1.29, 1.82) is 0 Å². The Labute approximate surface area is 175 Å². The van der Waals surface area contributed by atoms with Gasteiger partial charge in [-0.15, -0.1) is 0 Å². The van der Waals surface area contributed by atoms with Gasteiger partial charge in [0, 0.05) is 18.1 Å². The highest BCUT2D eigenvalue weighted by Crippen LogP contribution is 2.30. The molecule has 2 aromatic rings. The number of methoxy groups -OCH3 is 1. The molecule has 0 aliphatic carbocycles. The van der Waals surface area contributed by atoms with Gasteiger partial charge in [-0.05, 0) is 48.7 Å². The van der Waals surface area contributed by atoms with E-state index >= 15 is 0 Å². The lowest BCUT2D eigenvalue weighted by atomic mass is 10.1. The first kappa shape index (κ1) is 22.3. The number of hydrogen-bond donors (Lipinski definition) is 1. The summed E-state index contributed by atoms with van der Waals surface area (Å²) in [5.74, 6) is 2.18. The first-order valence-electron chi connectivity index (χ1n) is 9.69. The van der Waals surface area contributed by atoms with Crippen LogP contribution in [0.3, 0.4) is 0 Å². The molecule has 0 saturated carbocycles. The summed E-state index contributed by atoms with van der Waals surface area (Å²) in [4.78, 5) is 9.01. The highest BCUT2D eigenvalue weighted by atomic mass is 79.9. The van der Waals surface area contributed by atoms with E-state index in [-0.39, 0.29) is 12.2 Å². The van der Waals surface area contributed by atoms with E-state index in [4.69, 9.17) is 19.9 Å². The van der Waals surface area contributed by atoms with Gasteiger partial charge in [0.1, 0.15) is 22.2 Å². The summed E-state index contributed by atoms with van der Waals surface area (Å²) < 4.78 is 17.8. The normalized spacial score (nSPS) is 12.1. The monoisotopic (exact) mass is 451 g/mol. The van der Waals surface area contributed by atoms with Gasteiger partial charge in [-0.3, -0.25) is 0 Å². The number of benzene rings is 1. The summed E-state index contributed by atoms with van der Waals surface area (Å²) in [6.07, 6.45) is 3.61. The number of halogens is 1. The predicted molar refractivity (Wildman–Crippen MR) is 115 cm³/mol. The van der Waals surface area contributed by atoms with Crippen molar-refractivity contribution >= 4 is 21.7 Å². The van der Waals surface area contributed by atoms with Crippen LogP contribution in [-0.4, -0.2) is 29.3 Å². The molecular formula is C21H30BrN3O3. The molecule has 1 heterocycles. The van der Waals surface area contributed by atoms with Gasteiger partial charge < -0.3 is 19.9 Å². The van der Waals surface area contributed by atoms with Crippen LogP contribution >= 0.6 is 15.9 Å². The van der Waals surface area contributed by atoms with Gasteiger partial charge in [0.2, 0.25) is 0 Å².